The molecule has 0 N–H and O–H groups in total. The molecule has 1 aliphatic heterocycles. The van der Waals surface area contributed by atoms with Crippen molar-refractivity contribution >= 4 is 27.5 Å². The molecule has 0 atom stereocenters. The van der Waals surface area contributed by atoms with Gasteiger partial charge in [0, 0.05) is 0 Å². The highest BCUT2D eigenvalue weighted by Crippen LogP contribution is 2.38. The molecule has 0 aromatic heterocycles. The third-order valence-corrected chi connectivity index (χ3v) is 5.26. The highest BCUT2D eigenvalue weighted by Gasteiger charge is 2.19. The van der Waals surface area contributed by atoms with Gasteiger partial charge in [0.15, 0.2) is 21.3 Å². The summed E-state index contributed by atoms with van der Waals surface area (Å²) >= 11 is 6.15. The fraction of sp³-hybridized carbons (Fsp3) is 0.222. The lowest BCUT2D eigenvalue weighted by atomic mass is 10.2. The molecular formula is C18H17ClO4S. The van der Waals surface area contributed by atoms with E-state index in [1.807, 2.05) is 30.3 Å². The fourth-order valence-corrected chi connectivity index (χ4v) is 3.93. The van der Waals surface area contributed by atoms with Crippen LogP contribution in [0.3, 0.4) is 0 Å². The minimum absolute atomic E-state index is 0.0338. The van der Waals surface area contributed by atoms with Gasteiger partial charge in [-0.2, -0.15) is 0 Å². The molecule has 0 fully saturated rings. The number of sulfone groups is 1. The first-order valence-corrected chi connectivity index (χ1v) is 9.73. The Bertz CT molecular complexity index is 845. The fourth-order valence-electron chi connectivity index (χ4n) is 2.46. The Morgan fingerprint density at radius 1 is 1.08 bits per heavy atom. The molecule has 0 amide bonds. The third kappa shape index (κ3) is 4.30. The van der Waals surface area contributed by atoms with Crippen LogP contribution in [0.1, 0.15) is 11.1 Å². The molecule has 2 aromatic carbocycles. The van der Waals surface area contributed by atoms with Crippen LogP contribution in [-0.2, 0) is 15.6 Å². The van der Waals surface area contributed by atoms with Gasteiger partial charge in [0.05, 0.1) is 16.5 Å². The van der Waals surface area contributed by atoms with E-state index in [9.17, 15) is 8.42 Å². The van der Waals surface area contributed by atoms with Crippen molar-refractivity contribution in [3.63, 3.8) is 0 Å². The predicted octanol–water partition coefficient (Wildman–Crippen LogP) is 3.74. The standard InChI is InChI=1S/C18H17ClO4S/c19-16-11-15(12-17-18(16)23-9-8-22-17)13-24(20,21)10-4-7-14-5-2-1-3-6-14/h1-7,11-12H,8-10,13H2. The maximum Gasteiger partial charge on any atom is 0.179 e. The van der Waals surface area contributed by atoms with Crippen LogP contribution >= 0.6 is 11.6 Å². The molecule has 1 heterocycles. The Kier molecular flexibility index (Phi) is 5.11. The largest absolute Gasteiger partial charge is 0.486 e. The summed E-state index contributed by atoms with van der Waals surface area (Å²) in [5.74, 6) is 0.850. The summed E-state index contributed by atoms with van der Waals surface area (Å²) in [5.41, 5.74) is 1.56. The molecule has 4 nitrogen and oxygen atoms in total. The Hall–Kier alpha value is -1.98. The number of ether oxygens (including phenoxy) is 2. The van der Waals surface area contributed by atoms with Gasteiger partial charge >= 0.3 is 0 Å². The first kappa shape index (κ1) is 16.9. The number of halogens is 1. The molecule has 6 heteroatoms. The van der Waals surface area contributed by atoms with Crippen molar-refractivity contribution in [3.05, 3.63) is 64.7 Å². The molecule has 0 bridgehead atoms. The van der Waals surface area contributed by atoms with Gasteiger partial charge in [-0.05, 0) is 23.3 Å². The first-order chi connectivity index (χ1) is 11.5. The summed E-state index contributed by atoms with van der Waals surface area (Å²) in [6.45, 7) is 0.869. The topological polar surface area (TPSA) is 52.6 Å². The number of fused-ring (bicyclic) bond motifs is 1. The molecule has 2 aromatic rings. The van der Waals surface area contributed by atoms with Crippen LogP contribution in [0.5, 0.6) is 11.5 Å². The van der Waals surface area contributed by atoms with Crippen molar-refractivity contribution < 1.29 is 17.9 Å². The van der Waals surface area contributed by atoms with Crippen molar-refractivity contribution in [2.45, 2.75) is 5.75 Å². The molecule has 0 saturated carbocycles. The number of hydrogen-bond acceptors (Lipinski definition) is 4. The monoisotopic (exact) mass is 364 g/mol. The zero-order chi connectivity index (χ0) is 17.0. The summed E-state index contributed by atoms with van der Waals surface area (Å²) < 4.78 is 35.5. The summed E-state index contributed by atoms with van der Waals surface area (Å²) in [6, 6.07) is 12.9. The highest BCUT2D eigenvalue weighted by atomic mass is 35.5. The van der Waals surface area contributed by atoms with Crippen LogP contribution in [0, 0.1) is 0 Å². The molecule has 0 aliphatic carbocycles. The summed E-state index contributed by atoms with van der Waals surface area (Å²) in [5, 5.41) is 0.372. The second kappa shape index (κ2) is 7.28. The van der Waals surface area contributed by atoms with E-state index in [0.29, 0.717) is 35.3 Å². The van der Waals surface area contributed by atoms with E-state index in [1.165, 1.54) is 0 Å². The van der Waals surface area contributed by atoms with Crippen molar-refractivity contribution in [3.8, 4) is 11.5 Å². The normalized spacial score (nSPS) is 14.0. The lowest BCUT2D eigenvalue weighted by molar-refractivity contribution is 0.171. The minimum atomic E-state index is -3.29. The predicted molar refractivity (Wildman–Crippen MR) is 95.4 cm³/mol. The van der Waals surface area contributed by atoms with Crippen molar-refractivity contribution in [2.24, 2.45) is 0 Å². The average molecular weight is 365 g/mol. The van der Waals surface area contributed by atoms with Gasteiger partial charge in [0.1, 0.15) is 13.2 Å². The maximum absolute atomic E-state index is 12.3. The SMILES string of the molecule is O=S(=O)(CC=Cc1ccccc1)Cc1cc(Cl)c2c(c1)OCCO2. The quantitative estimate of drug-likeness (QED) is 0.811. The third-order valence-electron chi connectivity index (χ3n) is 3.50. The Labute approximate surface area is 146 Å². The molecule has 3 rings (SSSR count). The number of hydrogen-bond donors (Lipinski definition) is 0. The summed E-state index contributed by atoms with van der Waals surface area (Å²) in [7, 11) is -3.29. The van der Waals surface area contributed by atoms with Gasteiger partial charge < -0.3 is 9.47 Å². The van der Waals surface area contributed by atoms with Gasteiger partial charge in [0.25, 0.3) is 0 Å². The van der Waals surface area contributed by atoms with Crippen LogP contribution in [0.4, 0.5) is 0 Å². The Morgan fingerprint density at radius 2 is 1.83 bits per heavy atom. The van der Waals surface area contributed by atoms with Crippen molar-refractivity contribution in [1.82, 2.24) is 0 Å². The van der Waals surface area contributed by atoms with Crippen LogP contribution in [0.2, 0.25) is 5.02 Å². The Morgan fingerprint density at radius 3 is 2.62 bits per heavy atom. The van der Waals surface area contributed by atoms with Gasteiger partial charge in [0.2, 0.25) is 0 Å². The van der Waals surface area contributed by atoms with E-state index in [1.54, 1.807) is 24.3 Å². The van der Waals surface area contributed by atoms with Gasteiger partial charge in [-0.15, -0.1) is 0 Å². The van der Waals surface area contributed by atoms with E-state index >= 15 is 0 Å². The highest BCUT2D eigenvalue weighted by molar-refractivity contribution is 7.90. The first-order valence-electron chi connectivity index (χ1n) is 7.53. The molecule has 0 unspecified atom stereocenters. The molecule has 0 radical (unpaired) electrons. The van der Waals surface area contributed by atoms with Crippen molar-refractivity contribution in [1.29, 1.82) is 0 Å². The molecular weight excluding hydrogens is 348 g/mol. The lowest BCUT2D eigenvalue weighted by Crippen LogP contribution is -2.16. The zero-order valence-electron chi connectivity index (χ0n) is 12.9. The minimum Gasteiger partial charge on any atom is -0.486 e. The van der Waals surface area contributed by atoms with Gasteiger partial charge in [-0.1, -0.05) is 54.1 Å². The van der Waals surface area contributed by atoms with Gasteiger partial charge in [-0.3, -0.25) is 0 Å². The van der Waals surface area contributed by atoms with Gasteiger partial charge in [-0.25, -0.2) is 8.42 Å². The van der Waals surface area contributed by atoms with E-state index in [-0.39, 0.29) is 11.5 Å². The molecule has 24 heavy (non-hydrogen) atoms. The number of benzene rings is 2. The van der Waals surface area contributed by atoms with E-state index in [0.717, 1.165) is 5.56 Å². The molecule has 0 saturated heterocycles. The van der Waals surface area contributed by atoms with Crippen LogP contribution < -0.4 is 9.47 Å². The summed E-state index contributed by atoms with van der Waals surface area (Å²) in [4.78, 5) is 0. The summed E-state index contributed by atoms with van der Waals surface area (Å²) in [6.07, 6.45) is 3.46. The lowest BCUT2D eigenvalue weighted by Gasteiger charge is -2.20. The average Bonchev–Trinajstić information content (AvgIpc) is 2.55. The Balaban J connectivity index is 1.70. The molecule has 1 aliphatic rings. The van der Waals surface area contributed by atoms with E-state index < -0.39 is 9.84 Å². The smallest absolute Gasteiger partial charge is 0.179 e. The maximum atomic E-state index is 12.3. The second-order valence-electron chi connectivity index (χ2n) is 5.47. The van der Waals surface area contributed by atoms with Crippen LogP contribution in [-0.4, -0.2) is 27.4 Å². The molecule has 126 valence electrons. The molecule has 0 spiro atoms. The van der Waals surface area contributed by atoms with Crippen LogP contribution in [0.25, 0.3) is 6.08 Å². The second-order valence-corrected chi connectivity index (χ2v) is 7.99. The zero-order valence-corrected chi connectivity index (χ0v) is 14.5. The van der Waals surface area contributed by atoms with Crippen molar-refractivity contribution in [2.75, 3.05) is 19.0 Å². The van der Waals surface area contributed by atoms with E-state index in [2.05, 4.69) is 0 Å². The van der Waals surface area contributed by atoms with Crippen LogP contribution in [0.15, 0.2) is 48.5 Å². The number of rotatable bonds is 5. The van der Waals surface area contributed by atoms with E-state index in [4.69, 9.17) is 21.1 Å².